The first-order valence-corrected chi connectivity index (χ1v) is 8.18. The molecule has 19 heavy (non-hydrogen) atoms. The molecular weight excluding hydrogens is 322 g/mol. The van der Waals surface area contributed by atoms with Crippen molar-refractivity contribution in [3.63, 3.8) is 0 Å². The van der Waals surface area contributed by atoms with E-state index in [9.17, 15) is 4.79 Å². The fraction of sp³-hybridized carbons (Fsp3) is 0.533. The Hall–Kier alpha value is -0.480. The van der Waals surface area contributed by atoms with E-state index in [4.69, 9.17) is 0 Å². The van der Waals surface area contributed by atoms with Gasteiger partial charge in [-0.15, -0.1) is 12.6 Å². The Morgan fingerprint density at radius 3 is 2.63 bits per heavy atom. The summed E-state index contributed by atoms with van der Waals surface area (Å²) in [6.07, 6.45) is 4.18. The summed E-state index contributed by atoms with van der Waals surface area (Å²) >= 11 is 7.75. The molecule has 0 spiro atoms. The molecule has 0 radical (unpaired) electrons. The van der Waals surface area contributed by atoms with E-state index >= 15 is 0 Å². The molecular formula is C15H16BrNOS. The van der Waals surface area contributed by atoms with E-state index in [0.717, 1.165) is 33.0 Å². The Labute approximate surface area is 126 Å². The summed E-state index contributed by atoms with van der Waals surface area (Å²) in [4.78, 5) is 13.2. The van der Waals surface area contributed by atoms with Crippen LogP contribution >= 0.6 is 28.6 Å². The van der Waals surface area contributed by atoms with Gasteiger partial charge in [0.2, 0.25) is 0 Å². The lowest BCUT2D eigenvalue weighted by Crippen LogP contribution is -2.30. The molecule has 3 saturated carbocycles. The van der Waals surface area contributed by atoms with Gasteiger partial charge in [-0.3, -0.25) is 4.79 Å². The van der Waals surface area contributed by atoms with Gasteiger partial charge >= 0.3 is 0 Å². The van der Waals surface area contributed by atoms with Gasteiger partial charge in [-0.2, -0.15) is 0 Å². The van der Waals surface area contributed by atoms with Crippen LogP contribution in [0, 0.1) is 23.7 Å². The van der Waals surface area contributed by atoms with Crippen LogP contribution in [-0.4, -0.2) is 11.9 Å². The van der Waals surface area contributed by atoms with Crippen LogP contribution in [0.4, 0.5) is 0 Å². The van der Waals surface area contributed by atoms with Gasteiger partial charge in [-0.05, 0) is 77.1 Å². The van der Waals surface area contributed by atoms with E-state index in [2.05, 4.69) is 33.9 Å². The molecule has 100 valence electrons. The van der Waals surface area contributed by atoms with E-state index < -0.39 is 0 Å². The van der Waals surface area contributed by atoms with Gasteiger partial charge in [0.25, 0.3) is 5.91 Å². The highest BCUT2D eigenvalue weighted by Gasteiger charge is 2.65. The molecule has 4 unspecified atom stereocenters. The maximum absolute atomic E-state index is 12.4. The first-order chi connectivity index (χ1) is 9.15. The van der Waals surface area contributed by atoms with E-state index in [1.807, 2.05) is 18.2 Å². The summed E-state index contributed by atoms with van der Waals surface area (Å²) < 4.78 is 0.844. The third kappa shape index (κ3) is 1.87. The number of nitrogens with one attached hydrogen (secondary N) is 1. The molecule has 2 bridgehead atoms. The Morgan fingerprint density at radius 2 is 1.95 bits per heavy atom. The van der Waals surface area contributed by atoms with Gasteiger partial charge in [0, 0.05) is 15.4 Å². The number of fused-ring (bicyclic) bond motifs is 5. The minimum atomic E-state index is 0.0431. The maximum Gasteiger partial charge on any atom is 0.252 e. The van der Waals surface area contributed by atoms with Crippen LogP contribution in [0.3, 0.4) is 0 Å². The second-order valence-electron chi connectivity index (χ2n) is 6.15. The van der Waals surface area contributed by atoms with Crippen molar-refractivity contribution in [3.05, 3.63) is 28.2 Å². The van der Waals surface area contributed by atoms with Crippen molar-refractivity contribution in [3.8, 4) is 0 Å². The third-order valence-electron chi connectivity index (χ3n) is 5.23. The number of hydrogen-bond donors (Lipinski definition) is 2. The normalized spacial score (nSPS) is 38.1. The summed E-state index contributed by atoms with van der Waals surface area (Å²) in [7, 11) is 0. The molecule has 0 aliphatic heterocycles. The smallest absolute Gasteiger partial charge is 0.252 e. The molecule has 0 saturated heterocycles. The summed E-state index contributed by atoms with van der Waals surface area (Å²) in [6, 6.07) is 6.04. The number of carbonyl (C=O) groups is 1. The van der Waals surface area contributed by atoms with E-state index in [1.165, 1.54) is 19.3 Å². The first kappa shape index (κ1) is 12.3. The van der Waals surface area contributed by atoms with Crippen LogP contribution in [-0.2, 0) is 0 Å². The zero-order valence-electron chi connectivity index (χ0n) is 10.5. The summed E-state index contributed by atoms with van der Waals surface area (Å²) in [5, 5.41) is 3.24. The van der Waals surface area contributed by atoms with Crippen molar-refractivity contribution >= 4 is 34.5 Å². The fourth-order valence-electron chi connectivity index (χ4n) is 4.43. The van der Waals surface area contributed by atoms with Crippen LogP contribution in [0.5, 0.6) is 0 Å². The van der Waals surface area contributed by atoms with Crippen molar-refractivity contribution in [1.82, 2.24) is 5.32 Å². The SMILES string of the molecule is O=C(NC1C2C3CCC(C3)C12)c1cc(S)ccc1Br. The number of amides is 1. The largest absolute Gasteiger partial charge is 0.349 e. The molecule has 1 amide bonds. The topological polar surface area (TPSA) is 29.1 Å². The minimum Gasteiger partial charge on any atom is -0.349 e. The first-order valence-electron chi connectivity index (χ1n) is 6.94. The second-order valence-corrected chi connectivity index (χ2v) is 7.52. The van der Waals surface area contributed by atoms with Gasteiger partial charge in [0.1, 0.15) is 0 Å². The van der Waals surface area contributed by atoms with E-state index in [1.54, 1.807) is 0 Å². The zero-order chi connectivity index (χ0) is 13.1. The van der Waals surface area contributed by atoms with Crippen molar-refractivity contribution in [2.45, 2.75) is 30.2 Å². The van der Waals surface area contributed by atoms with Crippen molar-refractivity contribution < 1.29 is 4.79 Å². The molecule has 0 heterocycles. The van der Waals surface area contributed by atoms with Crippen LogP contribution in [0.15, 0.2) is 27.6 Å². The molecule has 1 N–H and O–H groups in total. The average Bonchev–Trinajstić information content (AvgIpc) is 2.80. The van der Waals surface area contributed by atoms with Crippen LogP contribution in [0.25, 0.3) is 0 Å². The number of rotatable bonds is 2. The summed E-state index contributed by atoms with van der Waals surface area (Å²) in [6.45, 7) is 0. The lowest BCUT2D eigenvalue weighted by Gasteiger charge is -2.11. The van der Waals surface area contributed by atoms with Crippen LogP contribution < -0.4 is 5.32 Å². The number of benzene rings is 1. The molecule has 1 aromatic carbocycles. The molecule has 1 aromatic rings. The summed E-state index contributed by atoms with van der Waals surface area (Å²) in [5.74, 6) is 3.38. The van der Waals surface area contributed by atoms with Crippen LogP contribution in [0.2, 0.25) is 0 Å². The molecule has 4 atom stereocenters. The standard InChI is InChI=1S/C15H16BrNOS/c16-11-4-3-9(19)6-10(11)15(18)17-14-12-7-1-2-8(5-7)13(12)14/h3-4,6-8,12-14,19H,1-2,5H2,(H,17,18). The molecule has 0 aromatic heterocycles. The predicted molar refractivity (Wildman–Crippen MR) is 80.5 cm³/mol. The number of halogens is 1. The molecule has 2 nitrogen and oxygen atoms in total. The maximum atomic E-state index is 12.4. The van der Waals surface area contributed by atoms with Crippen LogP contribution in [0.1, 0.15) is 29.6 Å². The Balaban J connectivity index is 1.50. The quantitative estimate of drug-likeness (QED) is 0.794. The van der Waals surface area contributed by atoms with Crippen molar-refractivity contribution in [2.24, 2.45) is 23.7 Å². The highest BCUT2D eigenvalue weighted by atomic mass is 79.9. The van der Waals surface area contributed by atoms with E-state index in [0.29, 0.717) is 11.6 Å². The predicted octanol–water partition coefficient (Wildman–Crippen LogP) is 3.51. The van der Waals surface area contributed by atoms with E-state index in [-0.39, 0.29) is 5.91 Å². The van der Waals surface area contributed by atoms with Gasteiger partial charge in [-0.1, -0.05) is 0 Å². The monoisotopic (exact) mass is 337 g/mol. The highest BCUT2D eigenvalue weighted by Crippen LogP contribution is 2.65. The highest BCUT2D eigenvalue weighted by molar-refractivity contribution is 9.10. The number of thiol groups is 1. The molecule has 3 aliphatic carbocycles. The molecule has 3 aliphatic rings. The molecule has 3 fully saturated rings. The number of hydrogen-bond acceptors (Lipinski definition) is 2. The Bertz CT molecular complexity index is 545. The van der Waals surface area contributed by atoms with Gasteiger partial charge in [0.05, 0.1) is 5.56 Å². The zero-order valence-corrected chi connectivity index (χ0v) is 13.0. The molecule has 4 heteroatoms. The van der Waals surface area contributed by atoms with Gasteiger partial charge in [-0.25, -0.2) is 0 Å². The third-order valence-corrected chi connectivity index (χ3v) is 6.20. The number of carbonyl (C=O) groups excluding carboxylic acids is 1. The van der Waals surface area contributed by atoms with Gasteiger partial charge in [0.15, 0.2) is 0 Å². The average molecular weight is 338 g/mol. The molecule has 4 rings (SSSR count). The summed E-state index contributed by atoms with van der Waals surface area (Å²) in [5.41, 5.74) is 0.699. The Kier molecular flexibility index (Phi) is 2.75. The van der Waals surface area contributed by atoms with Gasteiger partial charge < -0.3 is 5.32 Å². The van der Waals surface area contributed by atoms with Crippen molar-refractivity contribution in [1.29, 1.82) is 0 Å². The second kappa shape index (κ2) is 4.26. The Morgan fingerprint density at radius 1 is 1.26 bits per heavy atom. The fourth-order valence-corrected chi connectivity index (χ4v) is 5.07. The lowest BCUT2D eigenvalue weighted by atomic mass is 10.0. The van der Waals surface area contributed by atoms with Crippen molar-refractivity contribution in [2.75, 3.05) is 0 Å². The lowest BCUT2D eigenvalue weighted by molar-refractivity contribution is 0.0943. The minimum absolute atomic E-state index is 0.0431.